The molecule has 2 atom stereocenters. The molecule has 94 valence electrons. The van der Waals surface area contributed by atoms with Gasteiger partial charge in [-0.3, -0.25) is 0 Å². The van der Waals surface area contributed by atoms with Crippen LogP contribution >= 0.6 is 0 Å². The first-order valence-corrected chi connectivity index (χ1v) is 6.13. The average Bonchev–Trinajstić information content (AvgIpc) is 2.61. The molecule has 0 spiro atoms. The van der Waals surface area contributed by atoms with Crippen LogP contribution in [0.4, 0.5) is 4.39 Å². The standard InChI is InChI=1S/C14H20FNO/c1-10-4-5-13(15)12(8-10)9-16-14(3)6-7-17-11(14)2/h4-5,8,11,16H,6-7,9H2,1-3H3. The normalized spacial score (nSPS) is 28.6. The molecular formula is C14H20FNO. The van der Waals surface area contributed by atoms with Crippen LogP contribution in [-0.2, 0) is 11.3 Å². The highest BCUT2D eigenvalue weighted by Gasteiger charge is 2.36. The fraction of sp³-hybridized carbons (Fsp3) is 0.571. The fourth-order valence-electron chi connectivity index (χ4n) is 2.20. The largest absolute Gasteiger partial charge is 0.377 e. The Kier molecular flexibility index (Phi) is 3.50. The van der Waals surface area contributed by atoms with E-state index in [9.17, 15) is 4.39 Å². The summed E-state index contributed by atoms with van der Waals surface area (Å²) in [6.45, 7) is 7.51. The van der Waals surface area contributed by atoms with Crippen LogP contribution in [0.2, 0.25) is 0 Å². The molecule has 0 amide bonds. The summed E-state index contributed by atoms with van der Waals surface area (Å²) in [5.41, 5.74) is 1.77. The van der Waals surface area contributed by atoms with Crippen LogP contribution in [0.25, 0.3) is 0 Å². The van der Waals surface area contributed by atoms with Crippen LogP contribution in [0.3, 0.4) is 0 Å². The third-order valence-corrected chi connectivity index (χ3v) is 3.77. The molecule has 2 rings (SSSR count). The number of hydrogen-bond donors (Lipinski definition) is 1. The first kappa shape index (κ1) is 12.5. The van der Waals surface area contributed by atoms with Gasteiger partial charge in [-0.05, 0) is 33.3 Å². The smallest absolute Gasteiger partial charge is 0.127 e. The molecule has 1 fully saturated rings. The Morgan fingerprint density at radius 2 is 2.29 bits per heavy atom. The summed E-state index contributed by atoms with van der Waals surface area (Å²) in [7, 11) is 0. The summed E-state index contributed by atoms with van der Waals surface area (Å²) in [5, 5.41) is 3.43. The second-order valence-corrected chi connectivity index (χ2v) is 5.13. The molecule has 0 radical (unpaired) electrons. The van der Waals surface area contributed by atoms with Gasteiger partial charge in [-0.25, -0.2) is 4.39 Å². The first-order chi connectivity index (χ1) is 8.01. The van der Waals surface area contributed by atoms with Crippen molar-refractivity contribution in [2.45, 2.75) is 45.4 Å². The van der Waals surface area contributed by atoms with Crippen molar-refractivity contribution < 1.29 is 9.13 Å². The molecule has 1 aliphatic heterocycles. The van der Waals surface area contributed by atoms with E-state index in [-0.39, 0.29) is 17.5 Å². The third kappa shape index (κ3) is 2.67. The molecule has 1 N–H and O–H groups in total. The lowest BCUT2D eigenvalue weighted by Gasteiger charge is -2.29. The molecule has 1 aliphatic rings. The van der Waals surface area contributed by atoms with E-state index >= 15 is 0 Å². The lowest BCUT2D eigenvalue weighted by molar-refractivity contribution is 0.0880. The van der Waals surface area contributed by atoms with E-state index in [1.54, 1.807) is 6.07 Å². The van der Waals surface area contributed by atoms with E-state index in [4.69, 9.17) is 4.74 Å². The van der Waals surface area contributed by atoms with Crippen molar-refractivity contribution in [3.63, 3.8) is 0 Å². The van der Waals surface area contributed by atoms with E-state index in [2.05, 4.69) is 19.2 Å². The predicted molar refractivity (Wildman–Crippen MR) is 66.4 cm³/mol. The summed E-state index contributed by atoms with van der Waals surface area (Å²) in [6.07, 6.45) is 1.15. The highest BCUT2D eigenvalue weighted by Crippen LogP contribution is 2.25. The van der Waals surface area contributed by atoms with Crippen LogP contribution in [0.1, 0.15) is 31.4 Å². The van der Waals surface area contributed by atoms with Gasteiger partial charge in [-0.15, -0.1) is 0 Å². The lowest BCUT2D eigenvalue weighted by Crippen LogP contribution is -2.47. The fourth-order valence-corrected chi connectivity index (χ4v) is 2.20. The van der Waals surface area contributed by atoms with Crippen molar-refractivity contribution in [2.24, 2.45) is 0 Å². The maximum Gasteiger partial charge on any atom is 0.127 e. The maximum atomic E-state index is 13.6. The molecule has 0 saturated carbocycles. The Bertz CT molecular complexity index is 407. The number of rotatable bonds is 3. The van der Waals surface area contributed by atoms with E-state index in [1.807, 2.05) is 13.0 Å². The molecule has 1 aromatic carbocycles. The van der Waals surface area contributed by atoms with Gasteiger partial charge in [0.15, 0.2) is 0 Å². The van der Waals surface area contributed by atoms with Gasteiger partial charge in [0.2, 0.25) is 0 Å². The third-order valence-electron chi connectivity index (χ3n) is 3.77. The van der Waals surface area contributed by atoms with Gasteiger partial charge < -0.3 is 10.1 Å². The predicted octanol–water partition coefficient (Wildman–Crippen LogP) is 2.79. The average molecular weight is 237 g/mol. The monoisotopic (exact) mass is 237 g/mol. The van der Waals surface area contributed by atoms with Gasteiger partial charge in [0.25, 0.3) is 0 Å². The Morgan fingerprint density at radius 3 is 2.94 bits per heavy atom. The number of nitrogens with one attached hydrogen (secondary N) is 1. The molecule has 1 heterocycles. The van der Waals surface area contributed by atoms with Crippen LogP contribution in [-0.4, -0.2) is 18.2 Å². The quantitative estimate of drug-likeness (QED) is 0.872. The molecule has 0 aliphatic carbocycles. The van der Waals surface area contributed by atoms with Crippen LogP contribution in [0.5, 0.6) is 0 Å². The zero-order valence-corrected chi connectivity index (χ0v) is 10.7. The van der Waals surface area contributed by atoms with E-state index in [0.29, 0.717) is 6.54 Å². The van der Waals surface area contributed by atoms with Gasteiger partial charge in [0.05, 0.1) is 6.10 Å². The minimum atomic E-state index is -0.140. The topological polar surface area (TPSA) is 21.3 Å². The van der Waals surface area contributed by atoms with Crippen LogP contribution < -0.4 is 5.32 Å². The van der Waals surface area contributed by atoms with Crippen molar-refractivity contribution in [3.8, 4) is 0 Å². The molecule has 1 aromatic rings. The SMILES string of the molecule is Cc1ccc(F)c(CNC2(C)CCOC2C)c1. The maximum absolute atomic E-state index is 13.6. The van der Waals surface area contributed by atoms with Gasteiger partial charge in [-0.2, -0.15) is 0 Å². The van der Waals surface area contributed by atoms with Gasteiger partial charge in [0.1, 0.15) is 5.82 Å². The number of ether oxygens (including phenoxy) is 1. The Balaban J connectivity index is 2.04. The molecular weight excluding hydrogens is 217 g/mol. The zero-order chi connectivity index (χ0) is 12.5. The Morgan fingerprint density at radius 1 is 1.53 bits per heavy atom. The number of benzene rings is 1. The summed E-state index contributed by atoms with van der Waals surface area (Å²) in [4.78, 5) is 0. The molecule has 0 aromatic heterocycles. The lowest BCUT2D eigenvalue weighted by atomic mass is 9.94. The Hall–Kier alpha value is -0.930. The van der Waals surface area contributed by atoms with E-state index in [0.717, 1.165) is 24.2 Å². The summed E-state index contributed by atoms with van der Waals surface area (Å²) < 4.78 is 19.1. The molecule has 17 heavy (non-hydrogen) atoms. The minimum Gasteiger partial charge on any atom is -0.377 e. The highest BCUT2D eigenvalue weighted by molar-refractivity contribution is 5.24. The second-order valence-electron chi connectivity index (χ2n) is 5.13. The molecule has 2 unspecified atom stereocenters. The summed E-state index contributed by atoms with van der Waals surface area (Å²) in [5.74, 6) is -0.140. The minimum absolute atomic E-state index is 0.0455. The molecule has 1 saturated heterocycles. The van der Waals surface area contributed by atoms with E-state index < -0.39 is 0 Å². The second kappa shape index (κ2) is 4.75. The van der Waals surface area contributed by atoms with E-state index in [1.165, 1.54) is 6.07 Å². The van der Waals surface area contributed by atoms with Crippen molar-refractivity contribution >= 4 is 0 Å². The molecule has 2 nitrogen and oxygen atoms in total. The van der Waals surface area contributed by atoms with Crippen molar-refractivity contribution in [1.29, 1.82) is 0 Å². The molecule has 3 heteroatoms. The van der Waals surface area contributed by atoms with Crippen molar-refractivity contribution in [3.05, 3.63) is 35.1 Å². The molecule has 0 bridgehead atoms. The zero-order valence-electron chi connectivity index (χ0n) is 10.7. The van der Waals surface area contributed by atoms with Crippen molar-refractivity contribution in [2.75, 3.05) is 6.61 Å². The van der Waals surface area contributed by atoms with Gasteiger partial charge in [0, 0.05) is 24.3 Å². The number of halogens is 1. The highest BCUT2D eigenvalue weighted by atomic mass is 19.1. The van der Waals surface area contributed by atoms with Crippen molar-refractivity contribution in [1.82, 2.24) is 5.32 Å². The van der Waals surface area contributed by atoms with Crippen LogP contribution in [0.15, 0.2) is 18.2 Å². The number of aryl methyl sites for hydroxylation is 1. The first-order valence-electron chi connectivity index (χ1n) is 6.13. The van der Waals surface area contributed by atoms with Gasteiger partial charge in [-0.1, -0.05) is 17.7 Å². The number of hydrogen-bond acceptors (Lipinski definition) is 2. The van der Waals surface area contributed by atoms with Crippen LogP contribution in [0, 0.1) is 12.7 Å². The van der Waals surface area contributed by atoms with Gasteiger partial charge >= 0.3 is 0 Å². The summed E-state index contributed by atoms with van der Waals surface area (Å²) in [6, 6.07) is 5.22. The Labute approximate surface area is 102 Å². The summed E-state index contributed by atoms with van der Waals surface area (Å²) >= 11 is 0.